The maximum atomic E-state index is 11.9. The first-order chi connectivity index (χ1) is 8.96. The first-order valence-electron chi connectivity index (χ1n) is 6.48. The van der Waals surface area contributed by atoms with Crippen molar-refractivity contribution < 1.29 is 8.42 Å². The van der Waals surface area contributed by atoms with Gasteiger partial charge in [-0.3, -0.25) is 0 Å². The van der Waals surface area contributed by atoms with Crippen LogP contribution in [0.25, 0.3) is 0 Å². The van der Waals surface area contributed by atoms with Crippen molar-refractivity contribution >= 4 is 15.7 Å². The first kappa shape index (κ1) is 14.3. The molecule has 106 valence electrons. The summed E-state index contributed by atoms with van der Waals surface area (Å²) in [5.74, 6) is -0.0226. The molecule has 0 aliphatic heterocycles. The molecule has 1 aromatic carbocycles. The van der Waals surface area contributed by atoms with Crippen molar-refractivity contribution in [3.05, 3.63) is 29.8 Å². The second-order valence-electron chi connectivity index (χ2n) is 5.11. The van der Waals surface area contributed by atoms with Crippen LogP contribution in [0.15, 0.2) is 24.3 Å². The average Bonchev–Trinajstić information content (AvgIpc) is 3.11. The van der Waals surface area contributed by atoms with Crippen LogP contribution in [-0.2, 0) is 15.8 Å². The van der Waals surface area contributed by atoms with E-state index in [1.54, 1.807) is 24.3 Å². The van der Waals surface area contributed by atoms with Gasteiger partial charge in [-0.1, -0.05) is 12.1 Å². The van der Waals surface area contributed by atoms with Crippen molar-refractivity contribution in [2.75, 3.05) is 25.9 Å². The fraction of sp³-hybridized carbons (Fsp3) is 0.538. The van der Waals surface area contributed by atoms with Gasteiger partial charge in [0.15, 0.2) is 0 Å². The maximum Gasteiger partial charge on any atom is 0.215 e. The minimum absolute atomic E-state index is 0.0226. The van der Waals surface area contributed by atoms with Gasteiger partial charge in [-0.25, -0.2) is 13.1 Å². The fourth-order valence-corrected chi connectivity index (χ4v) is 3.15. The molecule has 1 saturated carbocycles. The second-order valence-corrected chi connectivity index (χ2v) is 6.92. The second kappa shape index (κ2) is 5.90. The Morgan fingerprint density at radius 3 is 2.79 bits per heavy atom. The number of likely N-dealkylation sites (N-methyl/N-ethyl adjacent to an activating group) is 1. The summed E-state index contributed by atoms with van der Waals surface area (Å²) in [7, 11) is -1.25. The highest BCUT2D eigenvalue weighted by Crippen LogP contribution is 2.24. The van der Waals surface area contributed by atoms with E-state index in [1.165, 1.54) is 12.8 Å². The molecule has 3 N–H and O–H groups in total. The van der Waals surface area contributed by atoms with Gasteiger partial charge in [-0.15, -0.1) is 0 Å². The van der Waals surface area contributed by atoms with Gasteiger partial charge in [-0.2, -0.15) is 0 Å². The molecule has 0 amide bonds. The molecular weight excluding hydrogens is 262 g/mol. The minimum Gasteiger partial charge on any atom is -0.399 e. The number of nitrogens with zero attached hydrogens (tertiary/aromatic N) is 1. The topological polar surface area (TPSA) is 75.4 Å². The van der Waals surface area contributed by atoms with E-state index in [2.05, 4.69) is 9.62 Å². The number of hydrogen-bond donors (Lipinski definition) is 2. The molecule has 1 aliphatic carbocycles. The third-order valence-corrected chi connectivity index (χ3v) is 4.62. The Bertz CT molecular complexity index is 526. The number of nitrogens with two attached hydrogens (primary N) is 1. The standard InChI is InChI=1S/C13H21N3O2S/c1-16(13-5-6-13)8-7-15-19(17,18)10-11-3-2-4-12(14)9-11/h2-4,9,13,15H,5-8,10,14H2,1H3. The predicted octanol–water partition coefficient (Wildman–Crippen LogP) is 0.782. The molecule has 0 radical (unpaired) electrons. The van der Waals surface area contributed by atoms with E-state index >= 15 is 0 Å². The molecule has 0 bridgehead atoms. The number of rotatable bonds is 7. The van der Waals surface area contributed by atoms with E-state index < -0.39 is 10.0 Å². The molecule has 0 spiro atoms. The summed E-state index contributed by atoms with van der Waals surface area (Å²) < 4.78 is 26.4. The Balaban J connectivity index is 1.81. The molecule has 1 aliphatic rings. The smallest absolute Gasteiger partial charge is 0.215 e. The molecule has 2 rings (SSSR count). The monoisotopic (exact) mass is 283 g/mol. The number of anilines is 1. The van der Waals surface area contributed by atoms with Crippen molar-refractivity contribution in [2.24, 2.45) is 0 Å². The Morgan fingerprint density at radius 2 is 2.16 bits per heavy atom. The Morgan fingerprint density at radius 1 is 1.42 bits per heavy atom. The van der Waals surface area contributed by atoms with Gasteiger partial charge in [-0.05, 0) is 37.6 Å². The van der Waals surface area contributed by atoms with Crippen LogP contribution < -0.4 is 10.5 Å². The van der Waals surface area contributed by atoms with Gasteiger partial charge in [0.2, 0.25) is 10.0 Å². The molecule has 5 nitrogen and oxygen atoms in total. The summed E-state index contributed by atoms with van der Waals surface area (Å²) in [6.07, 6.45) is 2.46. The lowest BCUT2D eigenvalue weighted by molar-refractivity contribution is 0.329. The Labute approximate surface area is 114 Å². The SMILES string of the molecule is CN(CCNS(=O)(=O)Cc1cccc(N)c1)C1CC1. The van der Waals surface area contributed by atoms with Crippen molar-refractivity contribution in [3.8, 4) is 0 Å². The van der Waals surface area contributed by atoms with Gasteiger partial charge in [0.1, 0.15) is 0 Å². The number of hydrogen-bond acceptors (Lipinski definition) is 4. The number of nitrogens with one attached hydrogen (secondary N) is 1. The fourth-order valence-electron chi connectivity index (χ4n) is 2.03. The van der Waals surface area contributed by atoms with Crippen LogP contribution in [0, 0.1) is 0 Å². The molecule has 1 aromatic rings. The molecule has 0 saturated heterocycles. The van der Waals surface area contributed by atoms with Crippen molar-refractivity contribution in [1.29, 1.82) is 0 Å². The number of nitrogen functional groups attached to an aromatic ring is 1. The quantitative estimate of drug-likeness (QED) is 0.725. The third-order valence-electron chi connectivity index (χ3n) is 3.26. The normalized spacial score (nSPS) is 15.9. The summed E-state index contributed by atoms with van der Waals surface area (Å²) in [4.78, 5) is 2.20. The van der Waals surface area contributed by atoms with Crippen LogP contribution in [0.3, 0.4) is 0 Å². The summed E-state index contributed by atoms with van der Waals surface area (Å²) in [6, 6.07) is 7.62. The van der Waals surface area contributed by atoms with Crippen LogP contribution in [0.4, 0.5) is 5.69 Å². The van der Waals surface area contributed by atoms with E-state index in [4.69, 9.17) is 5.73 Å². The lowest BCUT2D eigenvalue weighted by atomic mass is 10.2. The molecule has 6 heteroatoms. The van der Waals surface area contributed by atoms with E-state index in [9.17, 15) is 8.42 Å². The summed E-state index contributed by atoms with van der Waals surface area (Å²) in [5, 5.41) is 0. The van der Waals surface area contributed by atoms with Crippen molar-refractivity contribution in [3.63, 3.8) is 0 Å². The lowest BCUT2D eigenvalue weighted by Gasteiger charge is -2.15. The van der Waals surface area contributed by atoms with Crippen LogP contribution in [0.5, 0.6) is 0 Å². The first-order valence-corrected chi connectivity index (χ1v) is 8.13. The lowest BCUT2D eigenvalue weighted by Crippen LogP contribution is -2.34. The third kappa shape index (κ3) is 4.81. The van der Waals surface area contributed by atoms with Gasteiger partial charge in [0.05, 0.1) is 5.75 Å². The summed E-state index contributed by atoms with van der Waals surface area (Å²) in [6.45, 7) is 1.21. The Hall–Kier alpha value is -1.11. The van der Waals surface area contributed by atoms with Crippen LogP contribution in [0.1, 0.15) is 18.4 Å². The minimum atomic E-state index is -3.28. The highest BCUT2D eigenvalue weighted by atomic mass is 32.2. The molecule has 0 unspecified atom stereocenters. The molecule has 19 heavy (non-hydrogen) atoms. The highest BCUT2D eigenvalue weighted by molar-refractivity contribution is 7.88. The van der Waals surface area contributed by atoms with Crippen molar-refractivity contribution in [1.82, 2.24) is 9.62 Å². The van der Waals surface area contributed by atoms with Crippen LogP contribution in [0.2, 0.25) is 0 Å². The predicted molar refractivity (Wildman–Crippen MR) is 77.1 cm³/mol. The number of sulfonamides is 1. The van der Waals surface area contributed by atoms with Gasteiger partial charge in [0.25, 0.3) is 0 Å². The van der Waals surface area contributed by atoms with E-state index in [0.29, 0.717) is 23.8 Å². The van der Waals surface area contributed by atoms with Crippen LogP contribution >= 0.6 is 0 Å². The number of benzene rings is 1. The Kier molecular flexibility index (Phi) is 4.44. The molecule has 0 aromatic heterocycles. The maximum absolute atomic E-state index is 11.9. The summed E-state index contributed by atoms with van der Waals surface area (Å²) in [5.41, 5.74) is 6.93. The zero-order valence-electron chi connectivity index (χ0n) is 11.2. The van der Waals surface area contributed by atoms with Crippen molar-refractivity contribution in [2.45, 2.75) is 24.6 Å². The molecule has 0 atom stereocenters. The highest BCUT2D eigenvalue weighted by Gasteiger charge is 2.25. The van der Waals surface area contributed by atoms with E-state index in [-0.39, 0.29) is 5.75 Å². The zero-order chi connectivity index (χ0) is 13.9. The van der Waals surface area contributed by atoms with E-state index in [1.807, 2.05) is 7.05 Å². The van der Waals surface area contributed by atoms with Crippen LogP contribution in [-0.4, -0.2) is 39.5 Å². The summed E-state index contributed by atoms with van der Waals surface area (Å²) >= 11 is 0. The molecule has 0 heterocycles. The van der Waals surface area contributed by atoms with Gasteiger partial charge < -0.3 is 10.6 Å². The van der Waals surface area contributed by atoms with Gasteiger partial charge >= 0.3 is 0 Å². The van der Waals surface area contributed by atoms with E-state index in [0.717, 1.165) is 6.54 Å². The molecular formula is C13H21N3O2S. The average molecular weight is 283 g/mol. The van der Waals surface area contributed by atoms with Gasteiger partial charge in [0, 0.05) is 24.8 Å². The largest absolute Gasteiger partial charge is 0.399 e. The molecule has 1 fully saturated rings. The zero-order valence-corrected chi connectivity index (χ0v) is 12.0.